The highest BCUT2D eigenvalue weighted by atomic mass is 19.4. The fourth-order valence-electron chi connectivity index (χ4n) is 1.02. The number of hydrogen-bond donors (Lipinski definition) is 0. The molecule has 3 heteroatoms. The average molecular weight is 202 g/mol. The maximum Gasteiger partial charge on any atom is 0.416 e. The van der Waals surface area contributed by atoms with E-state index in [1.165, 1.54) is 26.0 Å². The normalized spacial score (nSPS) is 14.1. The topological polar surface area (TPSA) is 0 Å². The van der Waals surface area contributed by atoms with Gasteiger partial charge < -0.3 is 0 Å². The molecule has 0 bridgehead atoms. The van der Waals surface area contributed by atoms with Gasteiger partial charge in [-0.05, 0) is 19.4 Å². The minimum absolute atomic E-state index is 0.0376. The average Bonchev–Trinajstić information content (AvgIpc) is 2.02. The Hall–Kier alpha value is -1.25. The zero-order valence-electron chi connectivity index (χ0n) is 8.28. The summed E-state index contributed by atoms with van der Waals surface area (Å²) in [6.45, 7) is 9.88. The van der Waals surface area contributed by atoms with Crippen LogP contribution in [0.15, 0.2) is 48.1 Å². The lowest BCUT2D eigenvalue weighted by molar-refractivity contribution is -0.0886. The minimum atomic E-state index is -4.37. The highest BCUT2D eigenvalue weighted by Gasteiger charge is 2.33. The van der Waals surface area contributed by atoms with Gasteiger partial charge in [0.15, 0.2) is 0 Å². The molecular weight excluding hydrogens is 189 g/mol. The minimum Gasteiger partial charge on any atom is -0.166 e. The fraction of sp³-hybridized carbons (Fsp3) is 0.273. The summed E-state index contributed by atoms with van der Waals surface area (Å²) in [4.78, 5) is 0. The van der Waals surface area contributed by atoms with Crippen LogP contribution in [-0.4, -0.2) is 6.18 Å². The van der Waals surface area contributed by atoms with Crippen molar-refractivity contribution in [3.8, 4) is 0 Å². The van der Waals surface area contributed by atoms with Gasteiger partial charge in [0.2, 0.25) is 0 Å². The lowest BCUT2D eigenvalue weighted by Gasteiger charge is -2.12. The predicted molar refractivity (Wildman–Crippen MR) is 52.9 cm³/mol. The molecule has 0 rings (SSSR count). The van der Waals surface area contributed by atoms with Crippen LogP contribution in [0.25, 0.3) is 0 Å². The Morgan fingerprint density at radius 3 is 2.00 bits per heavy atom. The number of alkyl halides is 3. The van der Waals surface area contributed by atoms with E-state index >= 15 is 0 Å². The van der Waals surface area contributed by atoms with Gasteiger partial charge in [0.1, 0.15) is 0 Å². The Morgan fingerprint density at radius 1 is 1.29 bits per heavy atom. The second kappa shape index (κ2) is 4.84. The van der Waals surface area contributed by atoms with E-state index in [0.717, 1.165) is 6.08 Å². The Labute approximate surface area is 82.1 Å². The lowest BCUT2D eigenvalue weighted by atomic mass is 10.0. The molecule has 0 saturated heterocycles. The van der Waals surface area contributed by atoms with E-state index in [9.17, 15) is 13.2 Å². The first-order valence-electron chi connectivity index (χ1n) is 4.07. The molecule has 0 atom stereocenters. The van der Waals surface area contributed by atoms with Gasteiger partial charge in [0.05, 0.1) is 5.57 Å². The maximum atomic E-state index is 12.5. The van der Waals surface area contributed by atoms with Crippen molar-refractivity contribution >= 4 is 0 Å². The molecule has 0 aromatic rings. The quantitative estimate of drug-likeness (QED) is 0.602. The molecule has 0 nitrogen and oxygen atoms in total. The van der Waals surface area contributed by atoms with Crippen molar-refractivity contribution in [3.63, 3.8) is 0 Å². The van der Waals surface area contributed by atoms with E-state index in [2.05, 4.69) is 13.2 Å². The van der Waals surface area contributed by atoms with Gasteiger partial charge in [-0.25, -0.2) is 0 Å². The molecule has 0 amide bonds. The SMILES string of the molecule is C=C/C(C(=C)C)=C(\C=C/C)C(F)(F)F. The molecule has 0 aliphatic carbocycles. The summed E-state index contributed by atoms with van der Waals surface area (Å²) in [7, 11) is 0. The van der Waals surface area contributed by atoms with Gasteiger partial charge in [-0.1, -0.05) is 37.0 Å². The molecule has 0 unspecified atom stereocenters. The van der Waals surface area contributed by atoms with E-state index < -0.39 is 11.7 Å². The summed E-state index contributed by atoms with van der Waals surface area (Å²) in [5, 5.41) is 0. The third-order valence-corrected chi connectivity index (χ3v) is 1.59. The van der Waals surface area contributed by atoms with E-state index in [1.54, 1.807) is 0 Å². The zero-order chi connectivity index (χ0) is 11.4. The monoisotopic (exact) mass is 202 g/mol. The summed E-state index contributed by atoms with van der Waals surface area (Å²) in [5.74, 6) is 0. The smallest absolute Gasteiger partial charge is 0.166 e. The Morgan fingerprint density at radius 2 is 1.79 bits per heavy atom. The lowest BCUT2D eigenvalue weighted by Crippen LogP contribution is -2.12. The molecule has 14 heavy (non-hydrogen) atoms. The van der Waals surface area contributed by atoms with Gasteiger partial charge in [0, 0.05) is 0 Å². The highest BCUT2D eigenvalue weighted by molar-refractivity contribution is 5.46. The van der Waals surface area contributed by atoms with Crippen LogP contribution in [0, 0.1) is 0 Å². The second-order valence-electron chi connectivity index (χ2n) is 2.81. The molecule has 0 aromatic carbocycles. The standard InChI is InChI=1S/C11H13F3/c1-5-7-10(11(12,13)14)9(6-2)8(3)4/h5-7H,2-3H2,1,4H3/b7-5-,10-9-. The summed E-state index contributed by atoms with van der Waals surface area (Å²) in [5.41, 5.74) is -0.316. The van der Waals surface area contributed by atoms with E-state index in [4.69, 9.17) is 0 Å². The molecule has 0 radical (unpaired) electrons. The molecular formula is C11H13F3. The van der Waals surface area contributed by atoms with Crippen molar-refractivity contribution in [1.82, 2.24) is 0 Å². The fourth-order valence-corrected chi connectivity index (χ4v) is 1.02. The first kappa shape index (κ1) is 12.8. The van der Waals surface area contributed by atoms with Gasteiger partial charge in [0.25, 0.3) is 0 Å². The van der Waals surface area contributed by atoms with E-state index in [-0.39, 0.29) is 5.57 Å². The third kappa shape index (κ3) is 3.24. The van der Waals surface area contributed by atoms with Crippen LogP contribution in [0.5, 0.6) is 0 Å². The third-order valence-electron chi connectivity index (χ3n) is 1.59. The van der Waals surface area contributed by atoms with Gasteiger partial charge >= 0.3 is 6.18 Å². The molecule has 0 saturated carbocycles. The van der Waals surface area contributed by atoms with Crippen molar-refractivity contribution in [3.05, 3.63) is 48.1 Å². The van der Waals surface area contributed by atoms with Crippen LogP contribution in [0.3, 0.4) is 0 Å². The zero-order valence-corrected chi connectivity index (χ0v) is 8.28. The number of allylic oxidation sites excluding steroid dienone is 6. The van der Waals surface area contributed by atoms with Crippen LogP contribution in [0.4, 0.5) is 13.2 Å². The summed E-state index contributed by atoms with van der Waals surface area (Å²) in [6.07, 6.45) is -0.832. The summed E-state index contributed by atoms with van der Waals surface area (Å²) < 4.78 is 37.5. The van der Waals surface area contributed by atoms with Crippen molar-refractivity contribution in [1.29, 1.82) is 0 Å². The Kier molecular flexibility index (Phi) is 4.41. The molecule has 0 spiro atoms. The van der Waals surface area contributed by atoms with Crippen LogP contribution in [-0.2, 0) is 0 Å². The van der Waals surface area contributed by atoms with Gasteiger partial charge in [-0.3, -0.25) is 0 Å². The van der Waals surface area contributed by atoms with Crippen LogP contribution in [0.2, 0.25) is 0 Å². The van der Waals surface area contributed by atoms with Crippen LogP contribution >= 0.6 is 0 Å². The Balaban J connectivity index is 5.56. The van der Waals surface area contributed by atoms with Crippen LogP contribution in [0.1, 0.15) is 13.8 Å². The number of halogens is 3. The number of rotatable bonds is 3. The maximum absolute atomic E-state index is 12.5. The van der Waals surface area contributed by atoms with E-state index in [1.807, 2.05) is 0 Å². The first-order chi connectivity index (χ1) is 6.34. The molecule has 0 fully saturated rings. The summed E-state index contributed by atoms with van der Waals surface area (Å²) >= 11 is 0. The van der Waals surface area contributed by atoms with Gasteiger partial charge in [-0.15, -0.1) is 0 Å². The molecule has 0 N–H and O–H groups in total. The molecule has 0 aliphatic rings. The van der Waals surface area contributed by atoms with Gasteiger partial charge in [-0.2, -0.15) is 13.2 Å². The largest absolute Gasteiger partial charge is 0.416 e. The molecule has 0 aromatic heterocycles. The predicted octanol–water partition coefficient (Wildman–Crippen LogP) is 4.18. The van der Waals surface area contributed by atoms with Crippen molar-refractivity contribution in [2.24, 2.45) is 0 Å². The van der Waals surface area contributed by atoms with Crippen molar-refractivity contribution in [2.45, 2.75) is 20.0 Å². The van der Waals surface area contributed by atoms with E-state index in [0.29, 0.717) is 5.57 Å². The van der Waals surface area contributed by atoms with Crippen LogP contribution < -0.4 is 0 Å². The molecule has 0 heterocycles. The molecule has 78 valence electrons. The van der Waals surface area contributed by atoms with Crippen molar-refractivity contribution < 1.29 is 13.2 Å². The highest BCUT2D eigenvalue weighted by Crippen LogP contribution is 2.31. The second-order valence-corrected chi connectivity index (χ2v) is 2.81. The number of hydrogen-bond acceptors (Lipinski definition) is 0. The molecule has 0 aliphatic heterocycles. The first-order valence-corrected chi connectivity index (χ1v) is 4.07. The Bertz CT molecular complexity index is 290. The van der Waals surface area contributed by atoms with Crippen molar-refractivity contribution in [2.75, 3.05) is 0 Å². The summed E-state index contributed by atoms with van der Waals surface area (Å²) in [6, 6.07) is 0.